The molecule has 0 spiro atoms. The number of anilines is 2. The first-order valence-electron chi connectivity index (χ1n) is 4.56. The maximum absolute atomic E-state index is 5.59. The highest BCUT2D eigenvalue weighted by Gasteiger charge is 2.05. The lowest BCUT2D eigenvalue weighted by Crippen LogP contribution is -2.18. The molecule has 0 aliphatic carbocycles. The molecule has 0 aromatic carbocycles. The van der Waals surface area contributed by atoms with Crippen LogP contribution in [0.2, 0.25) is 0 Å². The SMILES string of the molecule is CN(Cc1ccsc1)c1nccc(N)n1. The summed E-state index contributed by atoms with van der Waals surface area (Å²) in [6.45, 7) is 0.799. The largest absolute Gasteiger partial charge is 0.384 e. The van der Waals surface area contributed by atoms with Crippen molar-refractivity contribution in [2.24, 2.45) is 0 Å². The van der Waals surface area contributed by atoms with Crippen LogP contribution in [0.3, 0.4) is 0 Å². The Labute approximate surface area is 92.4 Å². The summed E-state index contributed by atoms with van der Waals surface area (Å²) in [4.78, 5) is 10.3. The van der Waals surface area contributed by atoms with Crippen molar-refractivity contribution in [1.82, 2.24) is 9.97 Å². The third kappa shape index (κ3) is 2.44. The molecule has 15 heavy (non-hydrogen) atoms. The van der Waals surface area contributed by atoms with Crippen molar-refractivity contribution < 1.29 is 0 Å². The number of thiophene rings is 1. The van der Waals surface area contributed by atoms with Crippen LogP contribution in [-0.4, -0.2) is 17.0 Å². The molecule has 2 aromatic rings. The van der Waals surface area contributed by atoms with Crippen molar-refractivity contribution in [2.75, 3.05) is 17.7 Å². The Balaban J connectivity index is 2.11. The van der Waals surface area contributed by atoms with Crippen molar-refractivity contribution in [2.45, 2.75) is 6.54 Å². The fourth-order valence-corrected chi connectivity index (χ4v) is 1.93. The summed E-state index contributed by atoms with van der Waals surface area (Å²) in [6, 6.07) is 3.77. The molecular weight excluding hydrogens is 208 g/mol. The molecule has 0 unspecified atom stereocenters. The number of nitrogen functional groups attached to an aromatic ring is 1. The zero-order chi connectivity index (χ0) is 10.7. The molecule has 0 radical (unpaired) electrons. The minimum absolute atomic E-state index is 0.497. The van der Waals surface area contributed by atoms with Gasteiger partial charge in [0, 0.05) is 19.8 Å². The summed E-state index contributed by atoms with van der Waals surface area (Å²) in [6.07, 6.45) is 1.67. The predicted octanol–water partition coefficient (Wildman–Crippen LogP) is 1.76. The van der Waals surface area contributed by atoms with Gasteiger partial charge in [-0.25, -0.2) is 4.98 Å². The summed E-state index contributed by atoms with van der Waals surface area (Å²) >= 11 is 1.69. The Morgan fingerprint density at radius 2 is 2.33 bits per heavy atom. The molecule has 0 atom stereocenters. The molecule has 2 rings (SSSR count). The lowest BCUT2D eigenvalue weighted by atomic mass is 10.3. The van der Waals surface area contributed by atoms with E-state index in [1.807, 2.05) is 11.9 Å². The molecule has 0 saturated carbocycles. The van der Waals surface area contributed by atoms with E-state index in [2.05, 4.69) is 26.8 Å². The lowest BCUT2D eigenvalue weighted by Gasteiger charge is -2.15. The Kier molecular flexibility index (Phi) is 2.82. The van der Waals surface area contributed by atoms with Gasteiger partial charge < -0.3 is 10.6 Å². The Hall–Kier alpha value is -1.62. The maximum Gasteiger partial charge on any atom is 0.227 e. The van der Waals surface area contributed by atoms with Crippen molar-refractivity contribution in [1.29, 1.82) is 0 Å². The van der Waals surface area contributed by atoms with Crippen LogP contribution in [0.5, 0.6) is 0 Å². The molecule has 2 N–H and O–H groups in total. The predicted molar refractivity (Wildman–Crippen MR) is 62.9 cm³/mol. The number of hydrogen-bond donors (Lipinski definition) is 1. The van der Waals surface area contributed by atoms with Gasteiger partial charge in [0.15, 0.2) is 0 Å². The van der Waals surface area contributed by atoms with Crippen LogP contribution in [0.4, 0.5) is 11.8 Å². The third-order valence-corrected chi connectivity index (χ3v) is 2.74. The highest BCUT2D eigenvalue weighted by Crippen LogP contribution is 2.13. The smallest absolute Gasteiger partial charge is 0.227 e. The third-order valence-electron chi connectivity index (χ3n) is 2.01. The van der Waals surface area contributed by atoms with Crippen LogP contribution in [0.15, 0.2) is 29.1 Å². The van der Waals surface area contributed by atoms with Crippen LogP contribution in [0, 0.1) is 0 Å². The van der Waals surface area contributed by atoms with Gasteiger partial charge in [0.2, 0.25) is 5.95 Å². The molecule has 0 bridgehead atoms. The van der Waals surface area contributed by atoms with E-state index in [0.717, 1.165) is 6.54 Å². The van der Waals surface area contributed by atoms with Crippen molar-refractivity contribution in [3.63, 3.8) is 0 Å². The van der Waals surface area contributed by atoms with Gasteiger partial charge in [-0.1, -0.05) is 0 Å². The number of rotatable bonds is 3. The van der Waals surface area contributed by atoms with Crippen LogP contribution >= 0.6 is 11.3 Å². The zero-order valence-corrected chi connectivity index (χ0v) is 9.24. The topological polar surface area (TPSA) is 55.0 Å². The van der Waals surface area contributed by atoms with Gasteiger partial charge >= 0.3 is 0 Å². The normalized spacial score (nSPS) is 10.2. The highest BCUT2D eigenvalue weighted by molar-refractivity contribution is 7.07. The maximum atomic E-state index is 5.59. The monoisotopic (exact) mass is 220 g/mol. The fourth-order valence-electron chi connectivity index (χ4n) is 1.27. The summed E-state index contributed by atoms with van der Waals surface area (Å²) in [5.41, 5.74) is 6.85. The van der Waals surface area contributed by atoms with Crippen LogP contribution < -0.4 is 10.6 Å². The summed E-state index contributed by atoms with van der Waals surface area (Å²) in [7, 11) is 1.95. The second-order valence-electron chi connectivity index (χ2n) is 3.27. The van der Waals surface area contributed by atoms with Crippen LogP contribution in [0.25, 0.3) is 0 Å². The van der Waals surface area contributed by atoms with E-state index >= 15 is 0 Å². The number of nitrogens with zero attached hydrogens (tertiary/aromatic N) is 3. The van der Waals surface area contributed by atoms with E-state index in [9.17, 15) is 0 Å². The molecule has 2 heterocycles. The van der Waals surface area contributed by atoms with Gasteiger partial charge in [0.05, 0.1) is 0 Å². The van der Waals surface area contributed by atoms with E-state index < -0.39 is 0 Å². The van der Waals surface area contributed by atoms with Crippen molar-refractivity contribution >= 4 is 23.1 Å². The van der Waals surface area contributed by atoms with Gasteiger partial charge in [0.1, 0.15) is 5.82 Å². The molecule has 2 aromatic heterocycles. The molecule has 0 aliphatic rings. The van der Waals surface area contributed by atoms with Crippen molar-refractivity contribution in [3.05, 3.63) is 34.7 Å². The minimum Gasteiger partial charge on any atom is -0.384 e. The molecule has 0 fully saturated rings. The average molecular weight is 220 g/mol. The number of aromatic nitrogens is 2. The van der Waals surface area contributed by atoms with E-state index in [0.29, 0.717) is 11.8 Å². The molecule has 78 valence electrons. The van der Waals surface area contributed by atoms with E-state index in [4.69, 9.17) is 5.73 Å². The Morgan fingerprint density at radius 3 is 3.00 bits per heavy atom. The van der Waals surface area contributed by atoms with E-state index in [-0.39, 0.29) is 0 Å². The first-order valence-corrected chi connectivity index (χ1v) is 5.51. The zero-order valence-electron chi connectivity index (χ0n) is 8.42. The van der Waals surface area contributed by atoms with Gasteiger partial charge in [0.25, 0.3) is 0 Å². The van der Waals surface area contributed by atoms with Gasteiger partial charge in [-0.05, 0) is 28.5 Å². The first-order chi connectivity index (χ1) is 7.25. The Bertz CT molecular complexity index is 427. The van der Waals surface area contributed by atoms with Crippen LogP contribution in [-0.2, 0) is 6.54 Å². The number of nitrogens with two attached hydrogens (primary N) is 1. The standard InChI is InChI=1S/C10H12N4S/c1-14(6-8-3-5-15-7-8)10-12-4-2-9(11)13-10/h2-5,7H,6H2,1H3,(H2,11,12,13). The highest BCUT2D eigenvalue weighted by atomic mass is 32.1. The van der Waals surface area contributed by atoms with Crippen LogP contribution in [0.1, 0.15) is 5.56 Å². The Morgan fingerprint density at radius 1 is 1.47 bits per heavy atom. The molecule has 0 saturated heterocycles. The van der Waals surface area contributed by atoms with E-state index in [1.54, 1.807) is 23.6 Å². The first kappa shape index (κ1) is 9.92. The van der Waals surface area contributed by atoms with Crippen molar-refractivity contribution in [3.8, 4) is 0 Å². The number of hydrogen-bond acceptors (Lipinski definition) is 5. The average Bonchev–Trinajstić information content (AvgIpc) is 2.70. The molecular formula is C10H12N4S. The second kappa shape index (κ2) is 4.27. The fraction of sp³-hybridized carbons (Fsp3) is 0.200. The second-order valence-corrected chi connectivity index (χ2v) is 4.05. The quantitative estimate of drug-likeness (QED) is 0.856. The minimum atomic E-state index is 0.497. The molecule has 0 amide bonds. The molecule has 4 nitrogen and oxygen atoms in total. The lowest BCUT2D eigenvalue weighted by molar-refractivity contribution is 0.871. The molecule has 5 heteroatoms. The summed E-state index contributed by atoms with van der Waals surface area (Å²) in [5.74, 6) is 1.15. The van der Waals surface area contributed by atoms with Gasteiger partial charge in [-0.3, -0.25) is 0 Å². The van der Waals surface area contributed by atoms with E-state index in [1.165, 1.54) is 5.56 Å². The summed E-state index contributed by atoms with van der Waals surface area (Å²) in [5, 5.41) is 4.17. The van der Waals surface area contributed by atoms with Gasteiger partial charge in [-0.15, -0.1) is 0 Å². The van der Waals surface area contributed by atoms with Gasteiger partial charge in [-0.2, -0.15) is 16.3 Å². The molecule has 0 aliphatic heterocycles. The summed E-state index contributed by atoms with van der Waals surface area (Å²) < 4.78 is 0.